The smallest absolute Gasteiger partial charge is 0.336 e. The number of nitrogens with zero attached hydrogens (tertiary/aromatic N) is 1. The lowest BCUT2D eigenvalue weighted by Gasteiger charge is -2.34. The van der Waals surface area contributed by atoms with Crippen LogP contribution in [0, 0.1) is 11.6 Å². The van der Waals surface area contributed by atoms with E-state index in [2.05, 4.69) is 6.58 Å². The molecule has 0 bridgehead atoms. The molecule has 0 saturated carbocycles. The molecule has 4 nitrogen and oxygen atoms in total. The van der Waals surface area contributed by atoms with E-state index >= 15 is 0 Å². The van der Waals surface area contributed by atoms with Crippen LogP contribution in [0.3, 0.4) is 0 Å². The molecule has 0 aromatic heterocycles. The second-order valence-corrected chi connectivity index (χ2v) is 7.33. The molecule has 1 amide bonds. The van der Waals surface area contributed by atoms with Crippen molar-refractivity contribution in [1.82, 2.24) is 4.90 Å². The second kappa shape index (κ2) is 9.22. The van der Waals surface area contributed by atoms with E-state index in [0.29, 0.717) is 16.3 Å². The van der Waals surface area contributed by atoms with Gasteiger partial charge < -0.3 is 9.64 Å². The molecule has 2 aromatic rings. The van der Waals surface area contributed by atoms with Crippen LogP contribution in [0.4, 0.5) is 8.78 Å². The predicted octanol–water partition coefficient (Wildman–Crippen LogP) is 5.14. The van der Waals surface area contributed by atoms with Crippen molar-refractivity contribution in [2.24, 2.45) is 0 Å². The van der Waals surface area contributed by atoms with Crippen LogP contribution in [0.25, 0.3) is 0 Å². The lowest BCUT2D eigenvalue weighted by atomic mass is 9.83. The first-order valence-corrected chi connectivity index (χ1v) is 9.68. The van der Waals surface area contributed by atoms with Gasteiger partial charge in [0.25, 0.3) is 0 Å². The Kier molecular flexibility index (Phi) is 6.67. The van der Waals surface area contributed by atoms with E-state index in [1.165, 1.54) is 23.1 Å². The Balaban J connectivity index is 2.05. The number of halogens is 3. The molecule has 7 heteroatoms. The highest BCUT2D eigenvalue weighted by Gasteiger charge is 2.37. The third kappa shape index (κ3) is 4.44. The first-order chi connectivity index (χ1) is 14.3. The van der Waals surface area contributed by atoms with E-state index < -0.39 is 23.5 Å². The largest absolute Gasteiger partial charge is 0.458 e. The zero-order chi connectivity index (χ0) is 21.8. The highest BCUT2D eigenvalue weighted by Crippen LogP contribution is 2.38. The van der Waals surface area contributed by atoms with Crippen molar-refractivity contribution in [2.45, 2.75) is 25.8 Å². The van der Waals surface area contributed by atoms with Gasteiger partial charge in [0, 0.05) is 28.6 Å². The van der Waals surface area contributed by atoms with Gasteiger partial charge in [0.2, 0.25) is 5.91 Å². The molecule has 1 aliphatic heterocycles. The second-order valence-electron chi connectivity index (χ2n) is 6.89. The number of hydrogen-bond acceptors (Lipinski definition) is 3. The Bertz CT molecular complexity index is 1030. The molecular weight excluding hydrogens is 412 g/mol. The average Bonchev–Trinajstić information content (AvgIpc) is 2.71. The SMILES string of the molecule is C=CCOC(=O)C1=C(C)N(Cc2cccc(F)c2F)C(=O)CC1c1cccc(Cl)c1. The van der Waals surface area contributed by atoms with E-state index in [9.17, 15) is 18.4 Å². The zero-order valence-corrected chi connectivity index (χ0v) is 17.1. The molecule has 1 atom stereocenters. The summed E-state index contributed by atoms with van der Waals surface area (Å²) < 4.78 is 33.0. The third-order valence-electron chi connectivity index (χ3n) is 4.99. The molecule has 30 heavy (non-hydrogen) atoms. The van der Waals surface area contributed by atoms with Crippen LogP contribution in [0.2, 0.25) is 5.02 Å². The first-order valence-electron chi connectivity index (χ1n) is 9.31. The molecule has 0 N–H and O–H groups in total. The molecule has 1 unspecified atom stereocenters. The molecule has 3 rings (SSSR count). The van der Waals surface area contributed by atoms with Gasteiger partial charge in [-0.2, -0.15) is 0 Å². The quantitative estimate of drug-likeness (QED) is 0.470. The van der Waals surface area contributed by atoms with Crippen LogP contribution >= 0.6 is 11.6 Å². The molecule has 0 radical (unpaired) electrons. The van der Waals surface area contributed by atoms with Gasteiger partial charge in [-0.3, -0.25) is 4.79 Å². The molecule has 156 valence electrons. The Hall–Kier alpha value is -2.99. The number of rotatable bonds is 6. The van der Waals surface area contributed by atoms with E-state index in [-0.39, 0.29) is 36.6 Å². The van der Waals surface area contributed by atoms with Crippen molar-refractivity contribution in [1.29, 1.82) is 0 Å². The zero-order valence-electron chi connectivity index (χ0n) is 16.3. The Labute approximate surface area is 178 Å². The standard InChI is InChI=1S/C23H20ClF2NO3/c1-3-10-30-23(29)21-14(2)27(13-16-7-5-9-19(25)22(16)26)20(28)12-18(21)15-6-4-8-17(24)11-15/h3-9,11,18H,1,10,12-13H2,2H3. The van der Waals surface area contributed by atoms with Crippen molar-refractivity contribution in [3.63, 3.8) is 0 Å². The minimum absolute atomic E-state index is 0.00432. The maximum absolute atomic E-state index is 14.2. The molecule has 0 fully saturated rings. The van der Waals surface area contributed by atoms with Gasteiger partial charge in [-0.25, -0.2) is 13.6 Å². The molecule has 1 aliphatic rings. The van der Waals surface area contributed by atoms with Crippen LogP contribution < -0.4 is 0 Å². The van der Waals surface area contributed by atoms with Gasteiger partial charge in [0.05, 0.1) is 12.1 Å². The average molecular weight is 432 g/mol. The highest BCUT2D eigenvalue weighted by molar-refractivity contribution is 6.30. The number of carbonyl (C=O) groups is 2. The van der Waals surface area contributed by atoms with Crippen LogP contribution in [0.1, 0.15) is 30.4 Å². The fourth-order valence-corrected chi connectivity index (χ4v) is 3.73. The highest BCUT2D eigenvalue weighted by atomic mass is 35.5. The number of ether oxygens (including phenoxy) is 1. The maximum Gasteiger partial charge on any atom is 0.336 e. The number of esters is 1. The first kappa shape index (κ1) is 21.7. The summed E-state index contributed by atoms with van der Waals surface area (Å²) in [5.41, 5.74) is 1.31. The van der Waals surface area contributed by atoms with Crippen LogP contribution in [-0.2, 0) is 20.9 Å². The summed E-state index contributed by atoms with van der Waals surface area (Å²) >= 11 is 6.10. The van der Waals surface area contributed by atoms with Crippen LogP contribution in [-0.4, -0.2) is 23.4 Å². The molecule has 0 spiro atoms. The number of hydrogen-bond donors (Lipinski definition) is 0. The van der Waals surface area contributed by atoms with Crippen molar-refractivity contribution < 1.29 is 23.1 Å². The molecular formula is C23H20ClF2NO3. The van der Waals surface area contributed by atoms with Crippen molar-refractivity contribution in [3.05, 3.63) is 94.2 Å². The Morgan fingerprint density at radius 1 is 1.30 bits per heavy atom. The normalized spacial score (nSPS) is 16.6. The van der Waals surface area contributed by atoms with Gasteiger partial charge in [-0.1, -0.05) is 48.5 Å². The van der Waals surface area contributed by atoms with Gasteiger partial charge in [0.1, 0.15) is 6.61 Å². The molecule has 1 heterocycles. The predicted molar refractivity (Wildman–Crippen MR) is 110 cm³/mol. The van der Waals surface area contributed by atoms with Gasteiger partial charge in [-0.15, -0.1) is 0 Å². The fourth-order valence-electron chi connectivity index (χ4n) is 3.53. The fraction of sp³-hybridized carbons (Fsp3) is 0.217. The summed E-state index contributed by atoms with van der Waals surface area (Å²) in [7, 11) is 0. The number of allylic oxidation sites excluding steroid dienone is 1. The van der Waals surface area contributed by atoms with E-state index in [1.807, 2.05) is 0 Å². The topological polar surface area (TPSA) is 46.6 Å². The summed E-state index contributed by atoms with van der Waals surface area (Å²) in [6, 6.07) is 10.7. The number of benzene rings is 2. The summed E-state index contributed by atoms with van der Waals surface area (Å²) in [5, 5.41) is 0.473. The number of amides is 1. The Morgan fingerprint density at radius 3 is 2.73 bits per heavy atom. The van der Waals surface area contributed by atoms with Crippen molar-refractivity contribution in [2.75, 3.05) is 6.61 Å². The summed E-state index contributed by atoms with van der Waals surface area (Å²) in [6.45, 7) is 4.93. The minimum Gasteiger partial charge on any atom is -0.458 e. The summed E-state index contributed by atoms with van der Waals surface area (Å²) in [4.78, 5) is 27.0. The molecule has 2 aromatic carbocycles. The van der Waals surface area contributed by atoms with Gasteiger partial charge in [-0.05, 0) is 30.7 Å². The van der Waals surface area contributed by atoms with E-state index in [1.54, 1.807) is 31.2 Å². The maximum atomic E-state index is 14.2. The van der Waals surface area contributed by atoms with Gasteiger partial charge in [0.15, 0.2) is 11.6 Å². The van der Waals surface area contributed by atoms with Crippen molar-refractivity contribution >= 4 is 23.5 Å². The van der Waals surface area contributed by atoms with Crippen LogP contribution in [0.5, 0.6) is 0 Å². The van der Waals surface area contributed by atoms with E-state index in [0.717, 1.165) is 6.07 Å². The summed E-state index contributed by atoms with van der Waals surface area (Å²) in [6.07, 6.45) is 1.41. The van der Waals surface area contributed by atoms with Crippen LogP contribution in [0.15, 0.2) is 66.4 Å². The molecule has 0 saturated heterocycles. The summed E-state index contributed by atoms with van der Waals surface area (Å²) in [5.74, 6) is -3.51. The minimum atomic E-state index is -1.02. The van der Waals surface area contributed by atoms with Gasteiger partial charge >= 0.3 is 5.97 Å². The molecule has 0 aliphatic carbocycles. The number of carbonyl (C=O) groups excluding carboxylic acids is 2. The lowest BCUT2D eigenvalue weighted by molar-refractivity contribution is -0.139. The van der Waals surface area contributed by atoms with Crippen molar-refractivity contribution in [3.8, 4) is 0 Å². The monoisotopic (exact) mass is 431 g/mol. The van der Waals surface area contributed by atoms with E-state index in [4.69, 9.17) is 16.3 Å². The Morgan fingerprint density at radius 2 is 2.03 bits per heavy atom. The third-order valence-corrected chi connectivity index (χ3v) is 5.22. The lowest BCUT2D eigenvalue weighted by Crippen LogP contribution is -2.38.